The minimum Gasteiger partial charge on any atom is -0.492 e. The van der Waals surface area contributed by atoms with Crippen LogP contribution in [0.4, 0.5) is 5.69 Å². The summed E-state index contributed by atoms with van der Waals surface area (Å²) in [6, 6.07) is 18.8. The van der Waals surface area contributed by atoms with Crippen LogP contribution in [0, 0.1) is 12.8 Å². The van der Waals surface area contributed by atoms with E-state index in [0.29, 0.717) is 19.1 Å². The van der Waals surface area contributed by atoms with Crippen molar-refractivity contribution in [1.82, 2.24) is 10.6 Å². The number of hydrogen-bond acceptors (Lipinski definition) is 3. The van der Waals surface area contributed by atoms with Gasteiger partial charge in [0.2, 0.25) is 0 Å². The van der Waals surface area contributed by atoms with Crippen molar-refractivity contribution in [2.24, 2.45) is 10.9 Å². The zero-order valence-corrected chi connectivity index (χ0v) is 19.1. The van der Waals surface area contributed by atoms with Crippen LogP contribution in [0.1, 0.15) is 12.0 Å². The number of ether oxygens (including phenoxy) is 1. The average Bonchev–Trinajstić information content (AvgIpc) is 3.18. The number of hydrogen-bond donors (Lipinski definition) is 2. The van der Waals surface area contributed by atoms with Crippen molar-refractivity contribution in [3.05, 3.63) is 60.2 Å². The van der Waals surface area contributed by atoms with E-state index >= 15 is 0 Å². The molecule has 0 saturated carbocycles. The van der Waals surface area contributed by atoms with E-state index in [2.05, 4.69) is 69.9 Å². The Balaban J connectivity index is 0.00000280. The van der Waals surface area contributed by atoms with E-state index in [9.17, 15) is 0 Å². The van der Waals surface area contributed by atoms with Gasteiger partial charge in [-0.2, -0.15) is 0 Å². The molecule has 1 aliphatic rings. The summed E-state index contributed by atoms with van der Waals surface area (Å²) in [7, 11) is 1.81. The number of guanidine groups is 1. The molecule has 6 heteroatoms. The third-order valence-corrected chi connectivity index (χ3v) is 4.87. The van der Waals surface area contributed by atoms with Crippen molar-refractivity contribution in [1.29, 1.82) is 0 Å². The highest BCUT2D eigenvalue weighted by atomic mass is 127. The van der Waals surface area contributed by atoms with Gasteiger partial charge in [-0.3, -0.25) is 4.99 Å². The third-order valence-electron chi connectivity index (χ3n) is 4.87. The first-order valence-corrected chi connectivity index (χ1v) is 9.68. The summed E-state index contributed by atoms with van der Waals surface area (Å²) in [5, 5.41) is 6.76. The number of nitrogens with one attached hydrogen (secondary N) is 2. The Bertz CT molecular complexity index is 721. The van der Waals surface area contributed by atoms with Gasteiger partial charge in [-0.1, -0.05) is 35.9 Å². The van der Waals surface area contributed by atoms with E-state index in [0.717, 1.165) is 31.3 Å². The van der Waals surface area contributed by atoms with E-state index < -0.39 is 0 Å². The highest BCUT2D eigenvalue weighted by molar-refractivity contribution is 14.0. The molecule has 1 atom stereocenters. The molecule has 1 heterocycles. The lowest BCUT2D eigenvalue weighted by molar-refractivity contribution is 0.321. The summed E-state index contributed by atoms with van der Waals surface area (Å²) >= 11 is 0. The van der Waals surface area contributed by atoms with Crippen molar-refractivity contribution in [2.45, 2.75) is 13.3 Å². The molecular formula is C22H31IN4O. The molecule has 5 nitrogen and oxygen atoms in total. The van der Waals surface area contributed by atoms with Crippen LogP contribution in [-0.2, 0) is 0 Å². The molecule has 0 amide bonds. The minimum atomic E-state index is 0. The van der Waals surface area contributed by atoms with Gasteiger partial charge in [-0.25, -0.2) is 0 Å². The second kappa shape index (κ2) is 11.8. The second-order valence-corrected chi connectivity index (χ2v) is 6.98. The minimum absolute atomic E-state index is 0. The lowest BCUT2D eigenvalue weighted by Crippen LogP contribution is -2.41. The van der Waals surface area contributed by atoms with Gasteiger partial charge in [0, 0.05) is 32.4 Å². The molecule has 2 aromatic carbocycles. The molecule has 0 aromatic heterocycles. The van der Waals surface area contributed by atoms with Crippen LogP contribution in [0.3, 0.4) is 0 Å². The van der Waals surface area contributed by atoms with Crippen LogP contribution in [-0.4, -0.2) is 45.8 Å². The second-order valence-electron chi connectivity index (χ2n) is 6.98. The van der Waals surface area contributed by atoms with Crippen molar-refractivity contribution in [2.75, 3.05) is 44.7 Å². The third kappa shape index (κ3) is 6.89. The SMILES string of the molecule is CN=C(NCCOc1ccc(C)cc1)NCC1CCN(c2ccccc2)C1.I. The molecule has 1 saturated heterocycles. The van der Waals surface area contributed by atoms with Crippen molar-refractivity contribution < 1.29 is 4.74 Å². The molecule has 1 unspecified atom stereocenters. The Morgan fingerprint density at radius 2 is 1.86 bits per heavy atom. The van der Waals surface area contributed by atoms with Gasteiger partial charge < -0.3 is 20.3 Å². The summed E-state index contributed by atoms with van der Waals surface area (Å²) in [4.78, 5) is 6.76. The molecule has 28 heavy (non-hydrogen) atoms. The van der Waals surface area contributed by atoms with Gasteiger partial charge >= 0.3 is 0 Å². The number of nitrogens with zero attached hydrogens (tertiary/aromatic N) is 2. The predicted octanol–water partition coefficient (Wildman–Crippen LogP) is 3.68. The van der Waals surface area contributed by atoms with Crippen molar-refractivity contribution in [3.63, 3.8) is 0 Å². The number of anilines is 1. The summed E-state index contributed by atoms with van der Waals surface area (Å²) < 4.78 is 5.74. The number of aliphatic imine (C=N–C) groups is 1. The first kappa shape index (κ1) is 22.3. The van der Waals surface area contributed by atoms with Crippen LogP contribution in [0.2, 0.25) is 0 Å². The fraction of sp³-hybridized carbons (Fsp3) is 0.409. The molecular weight excluding hydrogens is 463 g/mol. The molecule has 1 aliphatic heterocycles. The Morgan fingerprint density at radius 1 is 1.11 bits per heavy atom. The fourth-order valence-corrected chi connectivity index (χ4v) is 3.31. The monoisotopic (exact) mass is 494 g/mol. The first-order valence-electron chi connectivity index (χ1n) is 9.68. The van der Waals surface area contributed by atoms with E-state index in [1.165, 1.54) is 17.7 Å². The van der Waals surface area contributed by atoms with Gasteiger partial charge in [0.05, 0.1) is 6.54 Å². The summed E-state index contributed by atoms with van der Waals surface area (Å²) in [6.45, 7) is 6.53. The topological polar surface area (TPSA) is 48.9 Å². The highest BCUT2D eigenvalue weighted by Gasteiger charge is 2.22. The molecule has 0 radical (unpaired) electrons. The van der Waals surface area contributed by atoms with Gasteiger partial charge in [0.15, 0.2) is 5.96 Å². The molecule has 1 fully saturated rings. The first-order chi connectivity index (χ1) is 13.2. The lowest BCUT2D eigenvalue weighted by Gasteiger charge is -2.19. The summed E-state index contributed by atoms with van der Waals surface area (Å²) in [6.07, 6.45) is 1.20. The van der Waals surface area contributed by atoms with Gasteiger partial charge in [-0.05, 0) is 43.5 Å². The van der Waals surface area contributed by atoms with Crippen molar-refractivity contribution >= 4 is 35.6 Å². The zero-order valence-electron chi connectivity index (χ0n) is 16.7. The highest BCUT2D eigenvalue weighted by Crippen LogP contribution is 2.22. The van der Waals surface area contributed by atoms with Crippen molar-refractivity contribution in [3.8, 4) is 5.75 Å². The predicted molar refractivity (Wildman–Crippen MR) is 128 cm³/mol. The average molecular weight is 494 g/mol. The van der Waals surface area contributed by atoms with Crippen LogP contribution in [0.15, 0.2) is 59.6 Å². The van der Waals surface area contributed by atoms with E-state index in [1.54, 1.807) is 7.05 Å². The van der Waals surface area contributed by atoms with Crippen LogP contribution in [0.5, 0.6) is 5.75 Å². The summed E-state index contributed by atoms with van der Waals surface area (Å²) in [5.74, 6) is 2.37. The van der Waals surface area contributed by atoms with E-state index in [4.69, 9.17) is 4.74 Å². The molecule has 0 aliphatic carbocycles. The largest absolute Gasteiger partial charge is 0.492 e. The normalized spacial score (nSPS) is 16.4. The Kier molecular flexibility index (Phi) is 9.40. The van der Waals surface area contributed by atoms with Crippen LogP contribution in [0.25, 0.3) is 0 Å². The van der Waals surface area contributed by atoms with Gasteiger partial charge in [-0.15, -0.1) is 24.0 Å². The molecule has 2 aromatic rings. The van der Waals surface area contributed by atoms with Gasteiger partial charge in [0.1, 0.15) is 12.4 Å². The number of para-hydroxylation sites is 1. The quantitative estimate of drug-likeness (QED) is 0.267. The Hall–Kier alpha value is -1.96. The maximum Gasteiger partial charge on any atom is 0.191 e. The number of rotatable bonds is 7. The maximum absolute atomic E-state index is 5.74. The Morgan fingerprint density at radius 3 is 2.57 bits per heavy atom. The Labute approximate surface area is 185 Å². The molecule has 3 rings (SSSR count). The lowest BCUT2D eigenvalue weighted by atomic mass is 10.1. The maximum atomic E-state index is 5.74. The van der Waals surface area contributed by atoms with Crippen LogP contribution >= 0.6 is 24.0 Å². The van der Waals surface area contributed by atoms with Crippen LogP contribution < -0.4 is 20.3 Å². The number of benzene rings is 2. The molecule has 0 bridgehead atoms. The summed E-state index contributed by atoms with van der Waals surface area (Å²) in [5.41, 5.74) is 2.55. The number of aryl methyl sites for hydroxylation is 1. The fourth-order valence-electron chi connectivity index (χ4n) is 3.31. The zero-order chi connectivity index (χ0) is 18.9. The van der Waals surface area contributed by atoms with E-state index in [-0.39, 0.29) is 24.0 Å². The standard InChI is InChI=1S/C22H30N4O.HI/c1-18-8-10-21(11-9-18)27-15-13-24-22(23-2)25-16-19-12-14-26(17-19)20-6-4-3-5-7-20;/h3-11,19H,12-17H2,1-2H3,(H2,23,24,25);1H. The smallest absolute Gasteiger partial charge is 0.191 e. The molecule has 152 valence electrons. The molecule has 0 spiro atoms. The molecule has 2 N–H and O–H groups in total. The van der Waals surface area contributed by atoms with E-state index in [1.807, 2.05) is 12.1 Å². The number of halogens is 1. The van der Waals surface area contributed by atoms with Gasteiger partial charge in [0.25, 0.3) is 0 Å².